The van der Waals surface area contributed by atoms with Gasteiger partial charge in [-0.1, -0.05) is 36.4 Å². The molecule has 1 aromatic heterocycles. The fourth-order valence-electron chi connectivity index (χ4n) is 4.01. The van der Waals surface area contributed by atoms with Crippen LogP contribution in [-0.4, -0.2) is 27.5 Å². The van der Waals surface area contributed by atoms with E-state index in [9.17, 15) is 13.2 Å². The van der Waals surface area contributed by atoms with Gasteiger partial charge in [0, 0.05) is 12.2 Å². The molecule has 3 aromatic carbocycles. The Hall–Kier alpha value is -3.36. The van der Waals surface area contributed by atoms with Crippen molar-refractivity contribution in [2.75, 3.05) is 22.8 Å². The molecule has 1 aliphatic heterocycles. The highest BCUT2D eigenvalue weighted by molar-refractivity contribution is 7.94. The molecule has 1 N–H and O–H groups in total. The average molecular weight is 479 g/mol. The summed E-state index contributed by atoms with van der Waals surface area (Å²) in [7, 11) is -3.58. The summed E-state index contributed by atoms with van der Waals surface area (Å²) in [5.41, 5.74) is 2.19. The van der Waals surface area contributed by atoms with Crippen molar-refractivity contribution in [3.05, 3.63) is 83.7 Å². The first-order chi connectivity index (χ1) is 16.0. The fourth-order valence-corrected chi connectivity index (χ4v) is 6.66. The molecule has 0 unspecified atom stereocenters. The van der Waals surface area contributed by atoms with Crippen LogP contribution in [0.2, 0.25) is 0 Å². The highest BCUT2D eigenvalue weighted by Crippen LogP contribution is 2.34. The Bertz CT molecular complexity index is 1420. The molecular weight excluding hydrogens is 456 g/mol. The number of ether oxygens (including phenoxy) is 1. The highest BCUT2D eigenvalue weighted by Gasteiger charge is 2.29. The van der Waals surface area contributed by atoms with Gasteiger partial charge in [0.25, 0.3) is 15.9 Å². The molecule has 0 spiro atoms. The van der Waals surface area contributed by atoms with Crippen LogP contribution in [0, 0.1) is 0 Å². The third kappa shape index (κ3) is 4.44. The number of thiophene rings is 1. The molecule has 0 atom stereocenters. The summed E-state index contributed by atoms with van der Waals surface area (Å²) in [6.45, 7) is 0.326. The normalized spacial score (nSPS) is 13.5. The Morgan fingerprint density at radius 2 is 1.85 bits per heavy atom. The molecule has 8 heteroatoms. The third-order valence-corrected chi connectivity index (χ3v) is 8.76. The predicted octanol–water partition coefficient (Wildman–Crippen LogP) is 5.06. The standard InChI is InChI=1S/C25H22N2O4S2/c28-24(17-31-22-11-9-18-5-1-2-6-19(18)16-22)26-21-10-12-23-20(15-21)7-3-13-27(23)33(29,30)25-8-4-14-32-25/h1-2,4-6,8-12,14-16H,3,7,13,17H2,(H,26,28). The maximum Gasteiger partial charge on any atom is 0.273 e. The Balaban J connectivity index is 1.27. The van der Waals surface area contributed by atoms with E-state index in [0.29, 0.717) is 27.9 Å². The van der Waals surface area contributed by atoms with Crippen molar-refractivity contribution in [3.8, 4) is 5.75 Å². The summed E-state index contributed by atoms with van der Waals surface area (Å²) in [4.78, 5) is 12.5. The lowest BCUT2D eigenvalue weighted by Crippen LogP contribution is -2.35. The lowest BCUT2D eigenvalue weighted by Gasteiger charge is -2.30. The molecular formula is C25H22N2O4S2. The molecule has 6 nitrogen and oxygen atoms in total. The van der Waals surface area contributed by atoms with E-state index in [1.165, 1.54) is 15.6 Å². The van der Waals surface area contributed by atoms with Crippen molar-refractivity contribution in [3.63, 3.8) is 0 Å². The van der Waals surface area contributed by atoms with Crippen LogP contribution in [0.15, 0.2) is 82.4 Å². The second-order valence-electron chi connectivity index (χ2n) is 7.80. The predicted molar refractivity (Wildman–Crippen MR) is 132 cm³/mol. The minimum atomic E-state index is -3.58. The Labute approximate surface area is 196 Å². The van der Waals surface area contributed by atoms with Gasteiger partial charge in [-0.05, 0) is 71.0 Å². The number of rotatable bonds is 6. The summed E-state index contributed by atoms with van der Waals surface area (Å²) in [5, 5.41) is 6.77. The van der Waals surface area contributed by atoms with Crippen LogP contribution in [0.3, 0.4) is 0 Å². The van der Waals surface area contributed by atoms with Gasteiger partial charge >= 0.3 is 0 Å². The van der Waals surface area contributed by atoms with Crippen molar-refractivity contribution < 1.29 is 17.9 Å². The van der Waals surface area contributed by atoms with E-state index in [-0.39, 0.29) is 12.5 Å². The minimum absolute atomic E-state index is 0.117. The van der Waals surface area contributed by atoms with Crippen molar-refractivity contribution >= 4 is 49.4 Å². The van der Waals surface area contributed by atoms with Gasteiger partial charge in [-0.25, -0.2) is 8.42 Å². The Morgan fingerprint density at radius 1 is 1.00 bits per heavy atom. The molecule has 0 fully saturated rings. The van der Waals surface area contributed by atoms with Crippen molar-refractivity contribution in [2.24, 2.45) is 0 Å². The summed E-state index contributed by atoms with van der Waals surface area (Å²) in [6, 6.07) is 22.4. The van der Waals surface area contributed by atoms with Gasteiger partial charge in [0.15, 0.2) is 6.61 Å². The molecule has 1 aliphatic rings. The van der Waals surface area contributed by atoms with Gasteiger partial charge in [0.2, 0.25) is 0 Å². The number of carbonyl (C=O) groups excluding carboxylic acids is 1. The highest BCUT2D eigenvalue weighted by atomic mass is 32.2. The monoisotopic (exact) mass is 478 g/mol. The molecule has 168 valence electrons. The van der Waals surface area contributed by atoms with E-state index in [4.69, 9.17) is 4.74 Å². The van der Waals surface area contributed by atoms with Crippen LogP contribution in [0.1, 0.15) is 12.0 Å². The molecule has 2 heterocycles. The second-order valence-corrected chi connectivity index (χ2v) is 10.8. The molecule has 0 bridgehead atoms. The maximum absolute atomic E-state index is 13.0. The summed E-state index contributed by atoms with van der Waals surface area (Å²) < 4.78 is 33.5. The van der Waals surface area contributed by atoms with Crippen LogP contribution in [0.4, 0.5) is 11.4 Å². The maximum atomic E-state index is 13.0. The zero-order valence-corrected chi connectivity index (χ0v) is 19.4. The lowest BCUT2D eigenvalue weighted by molar-refractivity contribution is -0.118. The van der Waals surface area contributed by atoms with Crippen LogP contribution in [-0.2, 0) is 21.2 Å². The van der Waals surface area contributed by atoms with Gasteiger partial charge < -0.3 is 10.1 Å². The van der Waals surface area contributed by atoms with Gasteiger partial charge in [-0.2, -0.15) is 0 Å². The number of nitrogens with zero attached hydrogens (tertiary/aromatic N) is 1. The number of hydrogen-bond donors (Lipinski definition) is 1. The molecule has 4 aromatic rings. The molecule has 5 rings (SSSR count). The molecule has 0 aliphatic carbocycles. The molecule has 1 amide bonds. The summed E-state index contributed by atoms with van der Waals surface area (Å²) >= 11 is 1.21. The first-order valence-electron chi connectivity index (χ1n) is 10.6. The van der Waals surface area contributed by atoms with E-state index >= 15 is 0 Å². The zero-order chi connectivity index (χ0) is 22.8. The third-order valence-electron chi connectivity index (χ3n) is 5.57. The van der Waals surface area contributed by atoms with Crippen LogP contribution in [0.25, 0.3) is 10.8 Å². The van der Waals surface area contributed by atoms with Gasteiger partial charge in [0.1, 0.15) is 9.96 Å². The van der Waals surface area contributed by atoms with Crippen molar-refractivity contribution in [2.45, 2.75) is 17.1 Å². The van der Waals surface area contributed by atoms with Crippen LogP contribution >= 0.6 is 11.3 Å². The first kappa shape index (κ1) is 21.5. The number of aryl methyl sites for hydroxylation is 1. The molecule has 0 radical (unpaired) electrons. The Kier molecular flexibility index (Phi) is 5.78. The van der Waals surface area contributed by atoms with E-state index < -0.39 is 10.0 Å². The van der Waals surface area contributed by atoms with E-state index in [2.05, 4.69) is 5.32 Å². The van der Waals surface area contributed by atoms with Crippen LogP contribution in [0.5, 0.6) is 5.75 Å². The Morgan fingerprint density at radius 3 is 2.67 bits per heavy atom. The zero-order valence-electron chi connectivity index (χ0n) is 17.7. The molecule has 0 saturated carbocycles. The quantitative estimate of drug-likeness (QED) is 0.420. The number of benzene rings is 3. The van der Waals surface area contributed by atoms with Gasteiger partial charge in [0.05, 0.1) is 5.69 Å². The number of carbonyl (C=O) groups is 1. The lowest BCUT2D eigenvalue weighted by atomic mass is 10.0. The summed E-state index contributed by atoms with van der Waals surface area (Å²) in [5.74, 6) is 0.352. The number of nitrogens with one attached hydrogen (secondary N) is 1. The largest absolute Gasteiger partial charge is 0.484 e. The number of amides is 1. The van der Waals surface area contributed by atoms with Crippen LogP contribution < -0.4 is 14.4 Å². The number of anilines is 2. The van der Waals surface area contributed by atoms with Crippen molar-refractivity contribution in [1.29, 1.82) is 0 Å². The van der Waals surface area contributed by atoms with E-state index in [1.54, 1.807) is 29.6 Å². The molecule has 0 saturated heterocycles. The number of fused-ring (bicyclic) bond motifs is 2. The average Bonchev–Trinajstić information content (AvgIpc) is 3.38. The topological polar surface area (TPSA) is 75.7 Å². The van der Waals surface area contributed by atoms with Gasteiger partial charge in [-0.15, -0.1) is 11.3 Å². The second kappa shape index (κ2) is 8.88. The number of sulfonamides is 1. The van der Waals surface area contributed by atoms with E-state index in [0.717, 1.165) is 29.2 Å². The first-order valence-corrected chi connectivity index (χ1v) is 12.9. The van der Waals surface area contributed by atoms with Crippen molar-refractivity contribution in [1.82, 2.24) is 0 Å². The summed E-state index contributed by atoms with van der Waals surface area (Å²) in [6.07, 6.45) is 1.48. The smallest absolute Gasteiger partial charge is 0.273 e. The van der Waals surface area contributed by atoms with Gasteiger partial charge in [-0.3, -0.25) is 9.10 Å². The van der Waals surface area contributed by atoms with E-state index in [1.807, 2.05) is 48.5 Å². The minimum Gasteiger partial charge on any atom is -0.484 e. The SMILES string of the molecule is O=C(COc1ccc2ccccc2c1)Nc1ccc2c(c1)CCCN2S(=O)(=O)c1cccs1. The fraction of sp³-hybridized carbons (Fsp3) is 0.160. The molecule has 33 heavy (non-hydrogen) atoms. The number of hydrogen-bond acceptors (Lipinski definition) is 5.